The lowest BCUT2D eigenvalue weighted by Crippen LogP contribution is -2.43. The molecule has 0 bridgehead atoms. The van der Waals surface area contributed by atoms with E-state index in [1.165, 1.54) is 0 Å². The number of nitrogens with zero attached hydrogens (tertiary/aromatic N) is 1. The maximum absolute atomic E-state index is 9.43. The number of phenolic OH excluding ortho intramolecular Hbond substituents is 1. The number of phenols is 1. The van der Waals surface area contributed by atoms with Gasteiger partial charge < -0.3 is 10.2 Å². The molecule has 2 N–H and O–H groups in total. The van der Waals surface area contributed by atoms with Crippen LogP contribution in [0.5, 0.6) is 5.75 Å². The molecule has 3 nitrogen and oxygen atoms in total. The molecule has 0 spiro atoms. The molecule has 0 aromatic heterocycles. The average Bonchev–Trinajstić information content (AvgIpc) is 2.29. The first-order chi connectivity index (χ1) is 8.11. The van der Waals surface area contributed by atoms with Gasteiger partial charge in [-0.15, -0.1) is 0 Å². The second-order valence-corrected chi connectivity index (χ2v) is 5.45. The number of rotatable bonds is 3. The highest BCUT2D eigenvalue weighted by atomic mass is 16.3. The number of piperidine rings is 1. The van der Waals surface area contributed by atoms with Crippen LogP contribution in [0.1, 0.15) is 25.3 Å². The number of aromatic hydroxyl groups is 1. The summed E-state index contributed by atoms with van der Waals surface area (Å²) in [5, 5.41) is 18.8. The van der Waals surface area contributed by atoms with Crippen molar-refractivity contribution in [3.05, 3.63) is 29.8 Å². The van der Waals surface area contributed by atoms with Crippen LogP contribution in [-0.4, -0.2) is 34.8 Å². The number of aliphatic hydroxyl groups is 1. The van der Waals surface area contributed by atoms with Crippen LogP contribution in [0.2, 0.25) is 0 Å². The maximum atomic E-state index is 9.43. The van der Waals surface area contributed by atoms with E-state index in [1.807, 2.05) is 18.2 Å². The normalized spacial score (nSPS) is 26.0. The van der Waals surface area contributed by atoms with Gasteiger partial charge in [-0.2, -0.15) is 0 Å². The standard InChI is InChI=1S/C14H21NO2/c1-14(11-16)6-3-7-15(10-14)9-12-4-2-5-13(17)8-12/h2,4-5,8,16-17H,3,6-7,9-11H2,1H3. The fourth-order valence-corrected chi connectivity index (χ4v) is 2.60. The van der Waals surface area contributed by atoms with Crippen LogP contribution in [0.4, 0.5) is 0 Å². The molecule has 1 fully saturated rings. The van der Waals surface area contributed by atoms with E-state index in [-0.39, 0.29) is 12.0 Å². The molecule has 1 heterocycles. The highest BCUT2D eigenvalue weighted by molar-refractivity contribution is 5.27. The highest BCUT2D eigenvalue weighted by Gasteiger charge is 2.30. The Balaban J connectivity index is 1.99. The highest BCUT2D eigenvalue weighted by Crippen LogP contribution is 2.29. The fraction of sp³-hybridized carbons (Fsp3) is 0.571. The summed E-state index contributed by atoms with van der Waals surface area (Å²) in [6.45, 7) is 5.25. The van der Waals surface area contributed by atoms with Gasteiger partial charge >= 0.3 is 0 Å². The molecular weight excluding hydrogens is 214 g/mol. The Morgan fingerprint density at radius 2 is 2.24 bits per heavy atom. The van der Waals surface area contributed by atoms with Crippen LogP contribution in [0, 0.1) is 5.41 Å². The molecule has 1 aromatic carbocycles. The summed E-state index contributed by atoms with van der Waals surface area (Å²) < 4.78 is 0. The molecule has 0 saturated carbocycles. The summed E-state index contributed by atoms with van der Waals surface area (Å²) in [4.78, 5) is 2.36. The lowest BCUT2D eigenvalue weighted by Gasteiger charge is -2.39. The number of hydrogen-bond acceptors (Lipinski definition) is 3. The molecule has 1 aromatic rings. The van der Waals surface area contributed by atoms with Gasteiger partial charge in [0.05, 0.1) is 0 Å². The van der Waals surface area contributed by atoms with E-state index < -0.39 is 0 Å². The van der Waals surface area contributed by atoms with Gasteiger partial charge in [0.2, 0.25) is 0 Å². The molecule has 2 rings (SSSR count). The second-order valence-electron chi connectivity index (χ2n) is 5.45. The Hall–Kier alpha value is -1.06. The van der Waals surface area contributed by atoms with E-state index in [1.54, 1.807) is 6.07 Å². The van der Waals surface area contributed by atoms with Gasteiger partial charge in [0.25, 0.3) is 0 Å². The van der Waals surface area contributed by atoms with Crippen molar-refractivity contribution < 1.29 is 10.2 Å². The predicted octanol–water partition coefficient (Wildman–Crippen LogP) is 1.99. The van der Waals surface area contributed by atoms with Crippen LogP contribution in [-0.2, 0) is 6.54 Å². The first-order valence-electron chi connectivity index (χ1n) is 6.22. The topological polar surface area (TPSA) is 43.7 Å². The van der Waals surface area contributed by atoms with E-state index in [0.29, 0.717) is 5.75 Å². The number of aliphatic hydroxyl groups excluding tert-OH is 1. The zero-order valence-corrected chi connectivity index (χ0v) is 10.4. The average molecular weight is 235 g/mol. The monoisotopic (exact) mass is 235 g/mol. The minimum atomic E-state index is 0.0368. The molecular formula is C14H21NO2. The predicted molar refractivity (Wildman–Crippen MR) is 67.8 cm³/mol. The van der Waals surface area contributed by atoms with Crippen molar-refractivity contribution in [2.24, 2.45) is 5.41 Å². The second kappa shape index (κ2) is 5.07. The van der Waals surface area contributed by atoms with Gasteiger partial charge in [-0.3, -0.25) is 4.90 Å². The van der Waals surface area contributed by atoms with Crippen LogP contribution >= 0.6 is 0 Å². The molecule has 17 heavy (non-hydrogen) atoms. The minimum Gasteiger partial charge on any atom is -0.508 e. The fourth-order valence-electron chi connectivity index (χ4n) is 2.60. The summed E-state index contributed by atoms with van der Waals surface area (Å²) >= 11 is 0. The van der Waals surface area contributed by atoms with Crippen molar-refractivity contribution in [1.82, 2.24) is 4.90 Å². The summed E-state index contributed by atoms with van der Waals surface area (Å²) in [6, 6.07) is 7.41. The number of hydrogen-bond donors (Lipinski definition) is 2. The van der Waals surface area contributed by atoms with Crippen molar-refractivity contribution in [3.63, 3.8) is 0 Å². The largest absolute Gasteiger partial charge is 0.508 e. The maximum Gasteiger partial charge on any atom is 0.115 e. The summed E-state index contributed by atoms with van der Waals surface area (Å²) in [5.41, 5.74) is 1.17. The smallest absolute Gasteiger partial charge is 0.115 e. The summed E-state index contributed by atoms with van der Waals surface area (Å²) in [5.74, 6) is 0.324. The quantitative estimate of drug-likeness (QED) is 0.842. The first-order valence-corrected chi connectivity index (χ1v) is 6.22. The SMILES string of the molecule is CC1(CO)CCCN(Cc2cccc(O)c2)C1. The van der Waals surface area contributed by atoms with Crippen LogP contribution in [0.3, 0.4) is 0 Å². The molecule has 1 unspecified atom stereocenters. The van der Waals surface area contributed by atoms with E-state index in [9.17, 15) is 10.2 Å². The molecule has 94 valence electrons. The van der Waals surface area contributed by atoms with Crippen LogP contribution in [0.15, 0.2) is 24.3 Å². The van der Waals surface area contributed by atoms with Crippen molar-refractivity contribution in [1.29, 1.82) is 0 Å². The zero-order chi connectivity index (χ0) is 12.3. The molecule has 0 radical (unpaired) electrons. The molecule has 0 amide bonds. The van der Waals surface area contributed by atoms with Gasteiger partial charge in [-0.1, -0.05) is 19.1 Å². The van der Waals surface area contributed by atoms with Crippen molar-refractivity contribution >= 4 is 0 Å². The van der Waals surface area contributed by atoms with Crippen molar-refractivity contribution in [2.45, 2.75) is 26.3 Å². The minimum absolute atomic E-state index is 0.0368. The Labute approximate surface area is 103 Å². The third-order valence-electron chi connectivity index (χ3n) is 3.56. The van der Waals surface area contributed by atoms with Gasteiger partial charge in [-0.05, 0) is 37.1 Å². The zero-order valence-electron chi connectivity index (χ0n) is 10.4. The summed E-state index contributed by atoms with van der Waals surface area (Å²) in [7, 11) is 0. The van der Waals surface area contributed by atoms with E-state index in [4.69, 9.17) is 0 Å². The molecule has 1 atom stereocenters. The van der Waals surface area contributed by atoms with Crippen molar-refractivity contribution in [3.8, 4) is 5.75 Å². The Morgan fingerprint density at radius 3 is 2.94 bits per heavy atom. The molecule has 0 aliphatic carbocycles. The third kappa shape index (κ3) is 3.20. The third-order valence-corrected chi connectivity index (χ3v) is 3.56. The Kier molecular flexibility index (Phi) is 3.69. The van der Waals surface area contributed by atoms with Gasteiger partial charge in [-0.25, -0.2) is 0 Å². The molecule has 1 saturated heterocycles. The first kappa shape index (κ1) is 12.4. The van der Waals surface area contributed by atoms with Crippen LogP contribution < -0.4 is 0 Å². The van der Waals surface area contributed by atoms with Gasteiger partial charge in [0.1, 0.15) is 5.75 Å². The van der Waals surface area contributed by atoms with E-state index in [0.717, 1.165) is 38.0 Å². The number of benzene rings is 1. The van der Waals surface area contributed by atoms with Gasteiger partial charge in [0, 0.05) is 25.1 Å². The van der Waals surface area contributed by atoms with Crippen molar-refractivity contribution in [2.75, 3.05) is 19.7 Å². The molecule has 3 heteroatoms. The van der Waals surface area contributed by atoms with E-state index in [2.05, 4.69) is 11.8 Å². The Morgan fingerprint density at radius 1 is 1.41 bits per heavy atom. The lowest BCUT2D eigenvalue weighted by atomic mass is 9.82. The molecule has 1 aliphatic heterocycles. The lowest BCUT2D eigenvalue weighted by molar-refractivity contribution is 0.0429. The van der Waals surface area contributed by atoms with Crippen LogP contribution in [0.25, 0.3) is 0 Å². The van der Waals surface area contributed by atoms with E-state index >= 15 is 0 Å². The Bertz CT molecular complexity index is 380. The molecule has 1 aliphatic rings. The summed E-state index contributed by atoms with van der Waals surface area (Å²) in [6.07, 6.45) is 2.23. The van der Waals surface area contributed by atoms with Gasteiger partial charge in [0.15, 0.2) is 0 Å². The number of likely N-dealkylation sites (tertiary alicyclic amines) is 1.